The number of hydrogen-bond donors (Lipinski definition) is 1. The van der Waals surface area contributed by atoms with Crippen LogP contribution >= 0.6 is 27.7 Å². The van der Waals surface area contributed by atoms with Crippen LogP contribution in [0.15, 0.2) is 51.8 Å². The maximum Gasteiger partial charge on any atom is 0.294 e. The Hall–Kier alpha value is -2.78. The molecule has 0 aromatic heterocycles. The molecule has 9 heteroatoms. The number of carbonyl (C=O) groups is 3. The summed E-state index contributed by atoms with van der Waals surface area (Å²) in [7, 11) is 1.54. The third-order valence-electron chi connectivity index (χ3n) is 4.09. The quantitative estimate of drug-likeness (QED) is 0.573. The largest absolute Gasteiger partial charge is 0.493 e. The van der Waals surface area contributed by atoms with Crippen LogP contribution in [0.2, 0.25) is 0 Å². The van der Waals surface area contributed by atoms with E-state index in [2.05, 4.69) is 21.2 Å². The van der Waals surface area contributed by atoms with Gasteiger partial charge in [0, 0.05) is 10.2 Å². The first-order valence-electron chi connectivity index (χ1n) is 9.03. The Morgan fingerprint density at radius 1 is 1.17 bits per heavy atom. The molecule has 0 spiro atoms. The van der Waals surface area contributed by atoms with Crippen molar-refractivity contribution in [2.24, 2.45) is 0 Å². The zero-order valence-corrected chi connectivity index (χ0v) is 18.7. The summed E-state index contributed by atoms with van der Waals surface area (Å²) in [5, 5.41) is 2.18. The predicted molar refractivity (Wildman–Crippen MR) is 120 cm³/mol. The number of amides is 3. The lowest BCUT2D eigenvalue weighted by Gasteiger charge is -2.12. The summed E-state index contributed by atoms with van der Waals surface area (Å²) in [5.74, 6) is 0.155. The van der Waals surface area contributed by atoms with Crippen LogP contribution in [0, 0.1) is 0 Å². The molecule has 1 fully saturated rings. The molecule has 2 aromatic rings. The van der Waals surface area contributed by atoms with Crippen molar-refractivity contribution in [2.75, 3.05) is 25.6 Å². The Balaban J connectivity index is 1.71. The van der Waals surface area contributed by atoms with Crippen molar-refractivity contribution in [1.29, 1.82) is 0 Å². The van der Waals surface area contributed by atoms with Gasteiger partial charge in [-0.25, -0.2) is 0 Å². The molecule has 0 saturated carbocycles. The van der Waals surface area contributed by atoms with Gasteiger partial charge < -0.3 is 14.8 Å². The number of imide groups is 1. The Bertz CT molecular complexity index is 1010. The second kappa shape index (κ2) is 9.82. The molecule has 0 unspecified atom stereocenters. The zero-order chi connectivity index (χ0) is 21.7. The monoisotopic (exact) mass is 490 g/mol. The highest BCUT2D eigenvalue weighted by molar-refractivity contribution is 9.10. The number of ether oxygens (including phenoxy) is 2. The summed E-state index contributed by atoms with van der Waals surface area (Å²) < 4.78 is 11.7. The van der Waals surface area contributed by atoms with E-state index in [1.54, 1.807) is 55.7 Å². The fraction of sp³-hybridized carbons (Fsp3) is 0.190. The zero-order valence-electron chi connectivity index (χ0n) is 16.3. The second-order valence-electron chi connectivity index (χ2n) is 6.17. The molecular weight excluding hydrogens is 472 g/mol. The first kappa shape index (κ1) is 21.9. The van der Waals surface area contributed by atoms with E-state index in [1.165, 1.54) is 0 Å². The number of methoxy groups -OCH3 is 1. The number of benzene rings is 2. The number of anilines is 1. The Kier molecular flexibility index (Phi) is 7.17. The summed E-state index contributed by atoms with van der Waals surface area (Å²) in [6.07, 6.45) is 1.60. The van der Waals surface area contributed by atoms with Crippen LogP contribution in [-0.4, -0.2) is 42.2 Å². The molecule has 156 valence electrons. The molecule has 0 atom stereocenters. The third-order valence-corrected chi connectivity index (χ3v) is 5.52. The van der Waals surface area contributed by atoms with Gasteiger partial charge in [-0.05, 0) is 66.7 Å². The van der Waals surface area contributed by atoms with Crippen molar-refractivity contribution in [2.45, 2.75) is 6.92 Å². The molecule has 2 aromatic carbocycles. The minimum absolute atomic E-state index is 0.240. The molecule has 1 aliphatic rings. The SMILES string of the molecule is CCOc1cc(/C=C2/SC(=O)N(CC(=O)Nc3ccc(Br)cc3)C2=O)ccc1OC. The molecule has 1 saturated heterocycles. The molecule has 3 rings (SSSR count). The summed E-state index contributed by atoms with van der Waals surface area (Å²) >= 11 is 4.12. The lowest BCUT2D eigenvalue weighted by molar-refractivity contribution is -0.127. The number of thioether (sulfide) groups is 1. The van der Waals surface area contributed by atoms with Crippen molar-refractivity contribution >= 4 is 56.5 Å². The number of carbonyl (C=O) groups excluding carboxylic acids is 3. The topological polar surface area (TPSA) is 84.9 Å². The summed E-state index contributed by atoms with van der Waals surface area (Å²) in [6.45, 7) is 1.96. The van der Waals surface area contributed by atoms with Gasteiger partial charge >= 0.3 is 0 Å². The summed E-state index contributed by atoms with van der Waals surface area (Å²) in [4.78, 5) is 38.4. The van der Waals surface area contributed by atoms with Gasteiger partial charge in [-0.2, -0.15) is 0 Å². The van der Waals surface area contributed by atoms with E-state index in [9.17, 15) is 14.4 Å². The maximum atomic E-state index is 12.7. The highest BCUT2D eigenvalue weighted by Gasteiger charge is 2.36. The van der Waals surface area contributed by atoms with Gasteiger partial charge in [-0.1, -0.05) is 22.0 Å². The molecule has 0 bridgehead atoms. The van der Waals surface area contributed by atoms with Crippen molar-refractivity contribution in [3.05, 3.63) is 57.4 Å². The number of nitrogens with one attached hydrogen (secondary N) is 1. The maximum absolute atomic E-state index is 12.7. The number of hydrogen-bond acceptors (Lipinski definition) is 6. The van der Waals surface area contributed by atoms with Gasteiger partial charge in [0.1, 0.15) is 6.54 Å². The van der Waals surface area contributed by atoms with Gasteiger partial charge in [0.2, 0.25) is 5.91 Å². The van der Waals surface area contributed by atoms with Crippen LogP contribution in [0.5, 0.6) is 11.5 Å². The molecule has 0 aliphatic carbocycles. The molecule has 0 radical (unpaired) electrons. The van der Waals surface area contributed by atoms with Gasteiger partial charge in [0.15, 0.2) is 11.5 Å². The molecule has 3 amide bonds. The Morgan fingerprint density at radius 2 is 1.90 bits per heavy atom. The lowest BCUT2D eigenvalue weighted by atomic mass is 10.2. The number of halogens is 1. The lowest BCUT2D eigenvalue weighted by Crippen LogP contribution is -2.36. The highest BCUT2D eigenvalue weighted by atomic mass is 79.9. The fourth-order valence-corrected chi connectivity index (χ4v) is 3.82. The molecule has 1 aliphatic heterocycles. The van der Waals surface area contributed by atoms with Crippen LogP contribution < -0.4 is 14.8 Å². The van der Waals surface area contributed by atoms with E-state index in [0.29, 0.717) is 29.4 Å². The standard InChI is InChI=1S/C21H19BrN2O5S/c1-3-29-17-10-13(4-9-16(17)28-2)11-18-20(26)24(21(27)30-18)12-19(25)23-15-7-5-14(22)6-8-15/h4-11H,3,12H2,1-2H3,(H,23,25)/b18-11+. The minimum Gasteiger partial charge on any atom is -0.493 e. The van der Waals surface area contributed by atoms with Crippen LogP contribution in [0.25, 0.3) is 6.08 Å². The van der Waals surface area contributed by atoms with Crippen LogP contribution in [0.4, 0.5) is 10.5 Å². The fourth-order valence-electron chi connectivity index (χ4n) is 2.72. The normalized spacial score (nSPS) is 14.9. The third kappa shape index (κ3) is 5.22. The highest BCUT2D eigenvalue weighted by Crippen LogP contribution is 2.34. The Morgan fingerprint density at radius 3 is 2.57 bits per heavy atom. The van der Waals surface area contributed by atoms with Gasteiger partial charge in [-0.15, -0.1) is 0 Å². The Labute approximate surface area is 186 Å². The smallest absolute Gasteiger partial charge is 0.294 e. The van der Waals surface area contributed by atoms with Crippen LogP contribution in [0.3, 0.4) is 0 Å². The van der Waals surface area contributed by atoms with Crippen molar-refractivity contribution in [3.63, 3.8) is 0 Å². The molecule has 1 N–H and O–H groups in total. The summed E-state index contributed by atoms with van der Waals surface area (Å²) in [5.41, 5.74) is 1.26. The molecule has 1 heterocycles. The molecular formula is C21H19BrN2O5S. The first-order valence-corrected chi connectivity index (χ1v) is 10.6. The van der Waals surface area contributed by atoms with Gasteiger partial charge in [-0.3, -0.25) is 19.3 Å². The minimum atomic E-state index is -0.510. The average molecular weight is 491 g/mol. The van der Waals surface area contributed by atoms with E-state index >= 15 is 0 Å². The summed E-state index contributed by atoms with van der Waals surface area (Å²) in [6, 6.07) is 12.2. The van der Waals surface area contributed by atoms with Crippen molar-refractivity contribution in [1.82, 2.24) is 4.90 Å². The molecule has 30 heavy (non-hydrogen) atoms. The van der Waals surface area contributed by atoms with Crippen LogP contribution in [-0.2, 0) is 9.59 Å². The number of rotatable bonds is 7. The number of nitrogens with zero attached hydrogens (tertiary/aromatic N) is 1. The van der Waals surface area contributed by atoms with E-state index in [4.69, 9.17) is 9.47 Å². The van der Waals surface area contributed by atoms with E-state index in [0.717, 1.165) is 21.1 Å². The van der Waals surface area contributed by atoms with Gasteiger partial charge in [0.05, 0.1) is 18.6 Å². The predicted octanol–water partition coefficient (Wildman–Crippen LogP) is 4.53. The van der Waals surface area contributed by atoms with E-state index in [1.807, 2.05) is 6.92 Å². The van der Waals surface area contributed by atoms with Crippen molar-refractivity contribution in [3.8, 4) is 11.5 Å². The second-order valence-corrected chi connectivity index (χ2v) is 8.08. The van der Waals surface area contributed by atoms with Crippen LogP contribution in [0.1, 0.15) is 12.5 Å². The first-order chi connectivity index (χ1) is 14.4. The van der Waals surface area contributed by atoms with E-state index < -0.39 is 17.1 Å². The molecule has 7 nitrogen and oxygen atoms in total. The average Bonchev–Trinajstić information content (AvgIpc) is 2.97. The van der Waals surface area contributed by atoms with E-state index in [-0.39, 0.29) is 11.4 Å². The van der Waals surface area contributed by atoms with Gasteiger partial charge in [0.25, 0.3) is 11.1 Å². The van der Waals surface area contributed by atoms with Crippen molar-refractivity contribution < 1.29 is 23.9 Å².